The minimum Gasteiger partial charge on any atom is -0.487 e. The van der Waals surface area contributed by atoms with E-state index in [0.29, 0.717) is 23.7 Å². The van der Waals surface area contributed by atoms with E-state index in [0.717, 1.165) is 23.5 Å². The van der Waals surface area contributed by atoms with Crippen LogP contribution in [0.4, 0.5) is 4.39 Å². The van der Waals surface area contributed by atoms with Crippen molar-refractivity contribution in [3.63, 3.8) is 0 Å². The molecule has 0 bridgehead atoms. The number of hydrogen-bond acceptors (Lipinski definition) is 5. The number of halogens is 1. The minimum absolute atomic E-state index is 0.0442. The van der Waals surface area contributed by atoms with Crippen molar-refractivity contribution in [3.8, 4) is 5.75 Å². The van der Waals surface area contributed by atoms with Gasteiger partial charge >= 0.3 is 0 Å². The van der Waals surface area contributed by atoms with Crippen molar-refractivity contribution >= 4 is 17.2 Å². The Morgan fingerprint density at radius 2 is 2.33 bits per heavy atom. The van der Waals surface area contributed by atoms with Gasteiger partial charge in [-0.2, -0.15) is 5.10 Å². The van der Waals surface area contributed by atoms with Crippen molar-refractivity contribution in [1.29, 1.82) is 0 Å². The van der Waals surface area contributed by atoms with Crippen molar-refractivity contribution < 1.29 is 13.9 Å². The van der Waals surface area contributed by atoms with Crippen molar-refractivity contribution in [1.82, 2.24) is 20.1 Å². The van der Waals surface area contributed by atoms with Crippen LogP contribution in [0.25, 0.3) is 0 Å². The lowest BCUT2D eigenvalue weighted by Crippen LogP contribution is -2.28. The number of thiazole rings is 1. The topological polar surface area (TPSA) is 71.1 Å². The molecule has 0 aliphatic carbocycles. The van der Waals surface area contributed by atoms with Crippen LogP contribution in [0.1, 0.15) is 39.1 Å². The second-order valence-corrected chi connectivity index (χ2v) is 7.42. The molecule has 6 nitrogen and oxygen atoms in total. The average molecular weight is 386 g/mol. The number of ether oxygens (including phenoxy) is 1. The number of aryl methyl sites for hydroxylation is 1. The van der Waals surface area contributed by atoms with Crippen molar-refractivity contribution in [2.24, 2.45) is 0 Å². The molecule has 3 aromatic rings. The molecule has 2 aromatic heterocycles. The number of nitrogens with one attached hydrogen (secondary N) is 1. The van der Waals surface area contributed by atoms with Gasteiger partial charge in [0.05, 0.1) is 22.6 Å². The second kappa shape index (κ2) is 7.48. The highest BCUT2D eigenvalue weighted by Gasteiger charge is 2.30. The summed E-state index contributed by atoms with van der Waals surface area (Å²) < 4.78 is 18.8. The number of carbonyl (C=O) groups is 1. The quantitative estimate of drug-likeness (QED) is 0.728. The molecule has 1 atom stereocenters. The van der Waals surface area contributed by atoms with E-state index in [2.05, 4.69) is 15.2 Å². The molecule has 0 radical (unpaired) electrons. The summed E-state index contributed by atoms with van der Waals surface area (Å²) in [6.45, 7) is 3.50. The van der Waals surface area contributed by atoms with Crippen molar-refractivity contribution in [2.75, 3.05) is 13.1 Å². The molecule has 0 spiro atoms. The van der Waals surface area contributed by atoms with Gasteiger partial charge in [0.25, 0.3) is 5.91 Å². The van der Waals surface area contributed by atoms with E-state index < -0.39 is 0 Å². The molecule has 0 unspecified atom stereocenters. The van der Waals surface area contributed by atoms with E-state index >= 15 is 0 Å². The fourth-order valence-electron chi connectivity index (χ4n) is 3.22. The van der Waals surface area contributed by atoms with Crippen LogP contribution in [0.2, 0.25) is 0 Å². The third-order valence-electron chi connectivity index (χ3n) is 4.67. The molecule has 8 heteroatoms. The largest absolute Gasteiger partial charge is 0.487 e. The van der Waals surface area contributed by atoms with Gasteiger partial charge in [0.15, 0.2) is 0 Å². The van der Waals surface area contributed by atoms with Gasteiger partial charge in [-0.1, -0.05) is 6.07 Å². The molecule has 4 rings (SSSR count). The van der Waals surface area contributed by atoms with Crippen LogP contribution in [-0.4, -0.2) is 39.1 Å². The number of benzene rings is 1. The van der Waals surface area contributed by atoms with Gasteiger partial charge < -0.3 is 9.64 Å². The highest BCUT2D eigenvalue weighted by Crippen LogP contribution is 2.28. The molecule has 27 heavy (non-hydrogen) atoms. The number of H-pyrrole nitrogens is 1. The van der Waals surface area contributed by atoms with E-state index in [1.54, 1.807) is 17.6 Å². The third kappa shape index (κ3) is 3.85. The lowest BCUT2D eigenvalue weighted by molar-refractivity contribution is 0.0794. The van der Waals surface area contributed by atoms with Crippen LogP contribution >= 0.6 is 11.3 Å². The summed E-state index contributed by atoms with van der Waals surface area (Å²) in [4.78, 5) is 19.3. The van der Waals surface area contributed by atoms with Crippen molar-refractivity contribution in [3.05, 3.63) is 63.6 Å². The standard InChI is InChI=1S/C19H19FN4O2S/c1-12-18(27-11-21-12)19(25)24-6-5-13(9-24)17-8-15(22-23-17)10-26-16-4-2-3-14(20)7-16/h2-4,7-8,11,13H,5-6,9-10H2,1H3,(H,22,23)/t13-/m0/s1. The predicted octanol–water partition coefficient (Wildman–Crippen LogP) is 3.52. The molecule has 1 aromatic carbocycles. The van der Waals surface area contributed by atoms with Gasteiger partial charge in [-0.25, -0.2) is 9.37 Å². The zero-order valence-corrected chi connectivity index (χ0v) is 15.6. The van der Waals surface area contributed by atoms with Crippen LogP contribution in [0, 0.1) is 12.7 Å². The summed E-state index contributed by atoms with van der Waals surface area (Å²) >= 11 is 1.38. The van der Waals surface area contributed by atoms with Gasteiger partial charge in [-0.3, -0.25) is 9.89 Å². The number of likely N-dealkylation sites (tertiary alicyclic amines) is 1. The van der Waals surface area contributed by atoms with Gasteiger partial charge in [0.2, 0.25) is 0 Å². The second-order valence-electron chi connectivity index (χ2n) is 6.57. The maximum Gasteiger partial charge on any atom is 0.265 e. The zero-order chi connectivity index (χ0) is 18.8. The van der Waals surface area contributed by atoms with Crippen LogP contribution < -0.4 is 4.74 Å². The average Bonchev–Trinajstić information content (AvgIpc) is 3.40. The van der Waals surface area contributed by atoms with Gasteiger partial charge in [-0.05, 0) is 31.5 Å². The third-order valence-corrected chi connectivity index (χ3v) is 5.59. The fourth-order valence-corrected chi connectivity index (χ4v) is 3.99. The molecule has 1 amide bonds. The Kier molecular flexibility index (Phi) is 4.89. The summed E-state index contributed by atoms with van der Waals surface area (Å²) in [7, 11) is 0. The normalized spacial score (nSPS) is 16.7. The Balaban J connectivity index is 1.36. The van der Waals surface area contributed by atoms with Gasteiger partial charge in [0.1, 0.15) is 23.1 Å². The summed E-state index contributed by atoms with van der Waals surface area (Å²) in [5.41, 5.74) is 4.22. The summed E-state index contributed by atoms with van der Waals surface area (Å²) in [6, 6.07) is 8.00. The minimum atomic E-state index is -0.329. The number of aromatic amines is 1. The Labute approximate surface area is 160 Å². The Morgan fingerprint density at radius 1 is 1.44 bits per heavy atom. The van der Waals surface area contributed by atoms with Crippen LogP contribution in [-0.2, 0) is 6.61 Å². The molecule has 1 saturated heterocycles. The number of aromatic nitrogens is 3. The molecule has 1 fully saturated rings. The Bertz CT molecular complexity index is 955. The lowest BCUT2D eigenvalue weighted by Gasteiger charge is -2.15. The Morgan fingerprint density at radius 3 is 3.11 bits per heavy atom. The monoisotopic (exact) mass is 386 g/mol. The van der Waals surface area contributed by atoms with Crippen LogP contribution in [0.15, 0.2) is 35.8 Å². The number of rotatable bonds is 5. The first kappa shape index (κ1) is 17.7. The van der Waals surface area contributed by atoms with Gasteiger partial charge in [0, 0.05) is 25.1 Å². The summed E-state index contributed by atoms with van der Waals surface area (Å²) in [5.74, 6) is 0.387. The number of amides is 1. The molecule has 1 N–H and O–H groups in total. The van der Waals surface area contributed by atoms with E-state index in [1.165, 1.54) is 23.5 Å². The molecule has 1 aliphatic rings. The first-order valence-corrected chi connectivity index (χ1v) is 9.60. The summed E-state index contributed by atoms with van der Waals surface area (Å²) in [5, 5.41) is 7.34. The van der Waals surface area contributed by atoms with E-state index in [4.69, 9.17) is 4.74 Å². The van der Waals surface area contributed by atoms with Gasteiger partial charge in [-0.15, -0.1) is 11.3 Å². The maximum absolute atomic E-state index is 13.2. The van der Waals surface area contributed by atoms with E-state index in [1.807, 2.05) is 17.9 Å². The Hall–Kier alpha value is -2.74. The number of nitrogens with zero attached hydrogens (tertiary/aromatic N) is 3. The first-order chi connectivity index (χ1) is 13.1. The predicted molar refractivity (Wildman–Crippen MR) is 99.4 cm³/mol. The maximum atomic E-state index is 13.2. The van der Waals surface area contributed by atoms with Crippen LogP contribution in [0.3, 0.4) is 0 Å². The zero-order valence-electron chi connectivity index (χ0n) is 14.8. The molecule has 0 saturated carbocycles. The van der Waals surface area contributed by atoms with Crippen molar-refractivity contribution in [2.45, 2.75) is 25.9 Å². The smallest absolute Gasteiger partial charge is 0.265 e. The molecule has 3 heterocycles. The summed E-state index contributed by atoms with van der Waals surface area (Å²) in [6.07, 6.45) is 0.874. The number of carbonyl (C=O) groups excluding carboxylic acids is 1. The highest BCUT2D eigenvalue weighted by atomic mass is 32.1. The van der Waals surface area contributed by atoms with Crippen LogP contribution in [0.5, 0.6) is 5.75 Å². The molecular weight excluding hydrogens is 367 g/mol. The number of hydrogen-bond donors (Lipinski definition) is 1. The first-order valence-electron chi connectivity index (χ1n) is 8.72. The molecular formula is C19H19FN4O2S. The van der Waals surface area contributed by atoms with E-state index in [-0.39, 0.29) is 24.2 Å². The molecule has 1 aliphatic heterocycles. The highest BCUT2D eigenvalue weighted by molar-refractivity contribution is 7.11. The molecule has 140 valence electrons. The van der Waals surface area contributed by atoms with E-state index in [9.17, 15) is 9.18 Å². The fraction of sp³-hybridized carbons (Fsp3) is 0.316. The lowest BCUT2D eigenvalue weighted by atomic mass is 10.1. The SMILES string of the molecule is Cc1ncsc1C(=O)N1CC[C@H](c2cc(COc3cccc(F)c3)[nH]n2)C1.